The predicted octanol–water partition coefficient (Wildman–Crippen LogP) is 15.6. The monoisotopic (exact) mass is 793 g/mol. The van der Waals surface area contributed by atoms with Gasteiger partial charge in [0, 0.05) is 19.3 Å². The second kappa shape index (κ2) is 41.6. The molecule has 0 rings (SSSR count). The van der Waals surface area contributed by atoms with Crippen LogP contribution in [0, 0.1) is 17.8 Å². The zero-order valence-corrected chi connectivity index (χ0v) is 38.4. The van der Waals surface area contributed by atoms with E-state index in [9.17, 15) is 14.4 Å². The van der Waals surface area contributed by atoms with Gasteiger partial charge in [-0.2, -0.15) is 0 Å². The fourth-order valence-electron chi connectivity index (χ4n) is 7.38. The van der Waals surface area contributed by atoms with Gasteiger partial charge in [-0.1, -0.05) is 228 Å². The van der Waals surface area contributed by atoms with Gasteiger partial charge in [-0.05, 0) is 37.0 Å². The first-order chi connectivity index (χ1) is 27.1. The van der Waals surface area contributed by atoms with E-state index in [0.717, 1.165) is 75.5 Å². The highest BCUT2D eigenvalue weighted by Crippen LogP contribution is 2.18. The van der Waals surface area contributed by atoms with Crippen molar-refractivity contribution in [2.75, 3.05) is 13.2 Å². The molecule has 1 unspecified atom stereocenters. The Morgan fingerprint density at radius 1 is 0.357 bits per heavy atom. The molecular weight excluding hydrogens is 697 g/mol. The van der Waals surface area contributed by atoms with Crippen molar-refractivity contribution in [3.63, 3.8) is 0 Å². The molecule has 6 heteroatoms. The summed E-state index contributed by atoms with van der Waals surface area (Å²) in [5.41, 5.74) is 0. The third-order valence-electron chi connectivity index (χ3n) is 11.5. The molecule has 0 radical (unpaired) electrons. The molecule has 56 heavy (non-hydrogen) atoms. The number of hydrogen-bond donors (Lipinski definition) is 0. The Morgan fingerprint density at radius 3 is 0.929 bits per heavy atom. The molecule has 0 aliphatic carbocycles. The molecule has 0 aliphatic rings. The molecule has 0 amide bonds. The first-order valence-corrected chi connectivity index (χ1v) is 24.6. The second-order valence-electron chi connectivity index (χ2n) is 18.3. The number of esters is 3. The van der Waals surface area contributed by atoms with Gasteiger partial charge < -0.3 is 14.2 Å². The summed E-state index contributed by atoms with van der Waals surface area (Å²) in [4.78, 5) is 37.8. The van der Waals surface area contributed by atoms with Gasteiger partial charge in [0.2, 0.25) is 0 Å². The Kier molecular flexibility index (Phi) is 40.4. The molecule has 0 saturated heterocycles. The van der Waals surface area contributed by atoms with Crippen molar-refractivity contribution in [1.82, 2.24) is 0 Å². The number of carbonyl (C=O) groups excluding carboxylic acids is 3. The molecule has 0 aliphatic heterocycles. The fraction of sp³-hybridized carbons (Fsp3) is 0.940. The van der Waals surface area contributed by atoms with Gasteiger partial charge in [0.1, 0.15) is 13.2 Å². The van der Waals surface area contributed by atoms with Crippen molar-refractivity contribution < 1.29 is 28.6 Å². The summed E-state index contributed by atoms with van der Waals surface area (Å²) in [6.45, 7) is 13.7. The lowest BCUT2D eigenvalue weighted by Gasteiger charge is -2.18. The Balaban J connectivity index is 4.33. The zero-order valence-electron chi connectivity index (χ0n) is 38.4. The molecule has 0 aromatic rings. The average Bonchev–Trinajstić information content (AvgIpc) is 3.16. The Morgan fingerprint density at radius 2 is 0.625 bits per heavy atom. The molecule has 0 aromatic carbocycles. The lowest BCUT2D eigenvalue weighted by Crippen LogP contribution is -2.30. The van der Waals surface area contributed by atoms with Crippen molar-refractivity contribution in [3.8, 4) is 0 Å². The first kappa shape index (κ1) is 54.4. The molecule has 0 saturated carbocycles. The van der Waals surface area contributed by atoms with Gasteiger partial charge in [-0.25, -0.2) is 0 Å². The van der Waals surface area contributed by atoms with E-state index in [-0.39, 0.29) is 31.1 Å². The van der Waals surface area contributed by atoms with Crippen LogP contribution in [-0.4, -0.2) is 37.2 Å². The van der Waals surface area contributed by atoms with Crippen LogP contribution in [0.1, 0.15) is 266 Å². The standard InChI is InChI=1S/C50H96O6/c1-7-46(6)38-32-26-20-15-17-23-29-35-41-50(53)56-47(43-55-49(52)40-34-28-22-16-14-19-25-31-37-45(4)5)42-54-48(51)39-33-27-21-13-11-9-8-10-12-18-24-30-36-44(2)3/h44-47H,7-43H2,1-6H3/t46?,47-/m0/s1. The maximum absolute atomic E-state index is 12.7. The summed E-state index contributed by atoms with van der Waals surface area (Å²) in [5, 5.41) is 0. The molecule has 0 spiro atoms. The third kappa shape index (κ3) is 42.0. The molecule has 0 bridgehead atoms. The number of unbranched alkanes of at least 4 members (excludes halogenated alkanes) is 25. The number of ether oxygens (including phenoxy) is 3. The van der Waals surface area contributed by atoms with E-state index in [1.165, 1.54) is 148 Å². The van der Waals surface area contributed by atoms with Crippen LogP contribution in [0.3, 0.4) is 0 Å². The van der Waals surface area contributed by atoms with Gasteiger partial charge in [-0.3, -0.25) is 14.4 Å². The zero-order chi connectivity index (χ0) is 41.3. The lowest BCUT2D eigenvalue weighted by atomic mass is 9.99. The summed E-state index contributed by atoms with van der Waals surface area (Å²) in [6.07, 6.45) is 39.4. The van der Waals surface area contributed by atoms with E-state index >= 15 is 0 Å². The van der Waals surface area contributed by atoms with Gasteiger partial charge in [0.05, 0.1) is 0 Å². The summed E-state index contributed by atoms with van der Waals surface area (Å²) < 4.78 is 16.8. The van der Waals surface area contributed by atoms with Crippen LogP contribution >= 0.6 is 0 Å². The van der Waals surface area contributed by atoms with Crippen LogP contribution in [0.5, 0.6) is 0 Å². The average molecular weight is 793 g/mol. The molecular formula is C50H96O6. The van der Waals surface area contributed by atoms with Gasteiger partial charge >= 0.3 is 17.9 Å². The van der Waals surface area contributed by atoms with E-state index < -0.39 is 6.10 Å². The molecule has 0 aromatic heterocycles. The summed E-state index contributed by atoms with van der Waals surface area (Å²) >= 11 is 0. The van der Waals surface area contributed by atoms with Crippen LogP contribution in [0.4, 0.5) is 0 Å². The van der Waals surface area contributed by atoms with E-state index in [2.05, 4.69) is 41.5 Å². The highest BCUT2D eigenvalue weighted by Gasteiger charge is 2.19. The number of hydrogen-bond acceptors (Lipinski definition) is 6. The summed E-state index contributed by atoms with van der Waals surface area (Å²) in [5.74, 6) is 1.62. The van der Waals surface area contributed by atoms with E-state index in [1.54, 1.807) is 0 Å². The Labute approximate surface area is 348 Å². The van der Waals surface area contributed by atoms with Crippen LogP contribution < -0.4 is 0 Å². The maximum atomic E-state index is 12.7. The minimum atomic E-state index is -0.762. The summed E-state index contributed by atoms with van der Waals surface area (Å²) in [6, 6.07) is 0. The lowest BCUT2D eigenvalue weighted by molar-refractivity contribution is -0.167. The fourth-order valence-corrected chi connectivity index (χ4v) is 7.38. The van der Waals surface area contributed by atoms with Crippen LogP contribution in [0.25, 0.3) is 0 Å². The minimum Gasteiger partial charge on any atom is -0.462 e. The highest BCUT2D eigenvalue weighted by molar-refractivity contribution is 5.71. The minimum absolute atomic E-state index is 0.0657. The van der Waals surface area contributed by atoms with Crippen molar-refractivity contribution in [1.29, 1.82) is 0 Å². The quantitative estimate of drug-likeness (QED) is 0.0348. The van der Waals surface area contributed by atoms with Gasteiger partial charge in [-0.15, -0.1) is 0 Å². The topological polar surface area (TPSA) is 78.9 Å². The van der Waals surface area contributed by atoms with Crippen LogP contribution in [0.2, 0.25) is 0 Å². The Hall–Kier alpha value is -1.59. The molecule has 6 nitrogen and oxygen atoms in total. The number of carbonyl (C=O) groups is 3. The first-order valence-electron chi connectivity index (χ1n) is 24.6. The normalized spacial score (nSPS) is 12.6. The predicted molar refractivity (Wildman–Crippen MR) is 238 cm³/mol. The molecule has 0 fully saturated rings. The van der Waals surface area contributed by atoms with Crippen molar-refractivity contribution in [3.05, 3.63) is 0 Å². The van der Waals surface area contributed by atoms with Crippen molar-refractivity contribution in [2.45, 2.75) is 272 Å². The van der Waals surface area contributed by atoms with E-state index in [4.69, 9.17) is 14.2 Å². The van der Waals surface area contributed by atoms with E-state index in [1.807, 2.05) is 0 Å². The number of rotatable bonds is 43. The van der Waals surface area contributed by atoms with Gasteiger partial charge in [0.25, 0.3) is 0 Å². The van der Waals surface area contributed by atoms with Crippen LogP contribution in [-0.2, 0) is 28.6 Å². The van der Waals surface area contributed by atoms with Crippen molar-refractivity contribution in [2.24, 2.45) is 17.8 Å². The summed E-state index contributed by atoms with van der Waals surface area (Å²) in [7, 11) is 0. The van der Waals surface area contributed by atoms with Gasteiger partial charge in [0.15, 0.2) is 6.10 Å². The van der Waals surface area contributed by atoms with Crippen molar-refractivity contribution >= 4 is 17.9 Å². The van der Waals surface area contributed by atoms with E-state index in [0.29, 0.717) is 19.3 Å². The van der Waals surface area contributed by atoms with Crippen LogP contribution in [0.15, 0.2) is 0 Å². The largest absolute Gasteiger partial charge is 0.462 e. The molecule has 332 valence electrons. The maximum Gasteiger partial charge on any atom is 0.306 e. The third-order valence-corrected chi connectivity index (χ3v) is 11.5. The SMILES string of the molecule is CCC(C)CCCCCCCCCCC(=O)O[C@@H](COC(=O)CCCCCCCCCCCCCCC(C)C)COC(=O)CCCCCCCCCCC(C)C. The smallest absolute Gasteiger partial charge is 0.306 e. The Bertz CT molecular complexity index is 870. The second-order valence-corrected chi connectivity index (χ2v) is 18.3. The molecule has 0 heterocycles. The molecule has 2 atom stereocenters. The molecule has 0 N–H and O–H groups in total. The highest BCUT2D eigenvalue weighted by atomic mass is 16.6.